The molecule has 4 heterocycles. The summed E-state index contributed by atoms with van der Waals surface area (Å²) in [6, 6.07) is 8.22. The molecule has 0 aliphatic carbocycles. The molecule has 0 spiro atoms. The summed E-state index contributed by atoms with van der Waals surface area (Å²) in [5, 5.41) is -0.161. The molecule has 1 N–H and O–H groups in total. The molecular weight excluding hydrogens is 488 g/mol. The predicted octanol–water partition coefficient (Wildman–Crippen LogP) is 3.78. The molecule has 9 nitrogen and oxygen atoms in total. The van der Waals surface area contributed by atoms with Gasteiger partial charge in [0.1, 0.15) is 11.6 Å². The highest BCUT2D eigenvalue weighted by atomic mass is 32.2. The highest BCUT2D eigenvalue weighted by molar-refractivity contribution is 7.90. The van der Waals surface area contributed by atoms with Gasteiger partial charge in [-0.2, -0.15) is 8.42 Å². The Morgan fingerprint density at radius 1 is 1.16 bits per heavy atom. The summed E-state index contributed by atoms with van der Waals surface area (Å²) in [5.41, 5.74) is 0.0562. The van der Waals surface area contributed by atoms with E-state index in [4.69, 9.17) is 0 Å². The lowest BCUT2D eigenvalue weighted by atomic mass is 9.97. The van der Waals surface area contributed by atoms with Crippen LogP contribution in [0.2, 0.25) is 0 Å². The van der Waals surface area contributed by atoms with Crippen molar-refractivity contribution in [2.45, 2.75) is 63.9 Å². The van der Waals surface area contributed by atoms with Crippen molar-refractivity contribution in [3.63, 3.8) is 0 Å². The fourth-order valence-corrected chi connectivity index (χ4v) is 6.44. The Kier molecular flexibility index (Phi) is 8.38. The minimum absolute atomic E-state index is 0. The number of amides is 1. The third-order valence-electron chi connectivity index (χ3n) is 7.31. The summed E-state index contributed by atoms with van der Waals surface area (Å²) < 4.78 is 28.7. The van der Waals surface area contributed by atoms with Gasteiger partial charge in [-0.05, 0) is 76.4 Å². The van der Waals surface area contributed by atoms with E-state index in [9.17, 15) is 13.2 Å². The number of hydrogen-bond donors (Lipinski definition) is 1. The van der Waals surface area contributed by atoms with Crippen molar-refractivity contribution in [3.8, 4) is 0 Å². The summed E-state index contributed by atoms with van der Waals surface area (Å²) in [4.78, 5) is 28.9. The van der Waals surface area contributed by atoms with Gasteiger partial charge < -0.3 is 14.7 Å². The number of aromatic nitrogens is 2. The van der Waals surface area contributed by atoms with Crippen LogP contribution in [0.4, 0.5) is 11.6 Å². The van der Waals surface area contributed by atoms with E-state index in [1.807, 2.05) is 6.07 Å². The molecule has 2 aliphatic rings. The molecule has 2 aromatic rings. The van der Waals surface area contributed by atoms with E-state index in [0.717, 1.165) is 52.1 Å². The molecule has 4 rings (SSSR count). The number of pyridine rings is 2. The zero-order chi connectivity index (χ0) is 26.6. The predicted molar refractivity (Wildman–Crippen MR) is 149 cm³/mol. The Morgan fingerprint density at radius 2 is 1.97 bits per heavy atom. The molecule has 2 aromatic heterocycles. The topological polar surface area (TPSA) is 98.7 Å². The Morgan fingerprint density at radius 3 is 2.70 bits per heavy atom. The standard InChI is InChI=1S/C27H40N6O3S.H2/c1-5-6-14-31-15-9-16-32(18-17-31)23-11-7-12-24(29-23)37(35,36)30-26(34)22-10-8-13-28-25(22)33-20-21(2)19-27(33,3)4;/h7-8,10-13,21H,5-6,9,14-20H2,1-4H3,(H,30,34);1H. The largest absolute Gasteiger partial charge is 0.355 e. The molecule has 10 heteroatoms. The van der Waals surface area contributed by atoms with E-state index >= 15 is 0 Å². The van der Waals surface area contributed by atoms with E-state index in [-0.39, 0.29) is 17.6 Å². The molecule has 1 amide bonds. The van der Waals surface area contributed by atoms with E-state index in [1.165, 1.54) is 18.9 Å². The summed E-state index contributed by atoms with van der Waals surface area (Å²) in [7, 11) is -4.17. The zero-order valence-corrected chi connectivity index (χ0v) is 23.3. The fraction of sp³-hybridized carbons (Fsp3) is 0.593. The van der Waals surface area contributed by atoms with Gasteiger partial charge in [-0.3, -0.25) is 4.79 Å². The first-order valence-corrected chi connectivity index (χ1v) is 14.8. The summed E-state index contributed by atoms with van der Waals surface area (Å²) in [6.45, 7) is 14.0. The lowest BCUT2D eigenvalue weighted by Crippen LogP contribution is -2.41. The molecule has 37 heavy (non-hydrogen) atoms. The van der Waals surface area contributed by atoms with Crippen molar-refractivity contribution >= 4 is 27.6 Å². The molecular formula is C27H42N6O3S. The Bertz CT molecular complexity index is 1210. The highest BCUT2D eigenvalue weighted by Gasteiger charge is 2.39. The number of sulfonamides is 1. The van der Waals surface area contributed by atoms with Gasteiger partial charge in [0.25, 0.3) is 15.9 Å². The van der Waals surface area contributed by atoms with Crippen molar-refractivity contribution in [2.24, 2.45) is 5.92 Å². The Hall–Kier alpha value is -2.72. The average molecular weight is 531 g/mol. The van der Waals surface area contributed by atoms with Crippen LogP contribution in [0.5, 0.6) is 0 Å². The maximum Gasteiger partial charge on any atom is 0.281 e. The summed E-state index contributed by atoms with van der Waals surface area (Å²) >= 11 is 0. The molecule has 0 bridgehead atoms. The van der Waals surface area contributed by atoms with E-state index in [2.05, 4.69) is 57.1 Å². The van der Waals surface area contributed by atoms with Crippen molar-refractivity contribution in [3.05, 3.63) is 42.1 Å². The van der Waals surface area contributed by atoms with Crippen molar-refractivity contribution in [1.29, 1.82) is 0 Å². The van der Waals surface area contributed by atoms with Crippen LogP contribution in [-0.2, 0) is 10.0 Å². The molecule has 0 aromatic carbocycles. The number of unbranched alkanes of at least 4 members (excludes halogenated alkanes) is 1. The number of hydrogen-bond acceptors (Lipinski definition) is 8. The van der Waals surface area contributed by atoms with Gasteiger partial charge in [0.15, 0.2) is 5.03 Å². The number of carbonyl (C=O) groups is 1. The second-order valence-electron chi connectivity index (χ2n) is 10.9. The first-order chi connectivity index (χ1) is 17.6. The van der Waals surface area contributed by atoms with Crippen LogP contribution in [0.3, 0.4) is 0 Å². The monoisotopic (exact) mass is 530 g/mol. The highest BCUT2D eigenvalue weighted by Crippen LogP contribution is 2.37. The molecule has 2 aliphatic heterocycles. The maximum absolute atomic E-state index is 13.3. The zero-order valence-electron chi connectivity index (χ0n) is 22.5. The third-order valence-corrected chi connectivity index (χ3v) is 8.54. The van der Waals surface area contributed by atoms with E-state index in [0.29, 0.717) is 17.6 Å². The molecule has 1 unspecified atom stereocenters. The number of carbonyl (C=O) groups excluding carboxylic acids is 1. The molecule has 0 radical (unpaired) electrons. The maximum atomic E-state index is 13.3. The molecule has 2 saturated heterocycles. The number of rotatable bonds is 8. The second kappa shape index (κ2) is 11.3. The van der Waals surface area contributed by atoms with Gasteiger partial charge in [-0.1, -0.05) is 26.3 Å². The van der Waals surface area contributed by atoms with Crippen LogP contribution >= 0.6 is 0 Å². The van der Waals surface area contributed by atoms with Crippen LogP contribution in [0.15, 0.2) is 41.6 Å². The number of nitrogens with one attached hydrogen (secondary N) is 1. The lowest BCUT2D eigenvalue weighted by Gasteiger charge is -2.33. The SMILES string of the molecule is CCCCN1CCCN(c2cccc(S(=O)(=O)NC(=O)c3cccnc3N3CC(C)CC3(C)C)n2)CC1.[HH]. The number of nitrogens with zero attached hydrogens (tertiary/aromatic N) is 5. The van der Waals surface area contributed by atoms with Crippen LogP contribution in [0.25, 0.3) is 0 Å². The van der Waals surface area contributed by atoms with E-state index < -0.39 is 15.9 Å². The summed E-state index contributed by atoms with van der Waals surface area (Å²) in [5.74, 6) is 0.860. The average Bonchev–Trinajstić information content (AvgIpc) is 3.00. The molecule has 1 atom stereocenters. The number of anilines is 2. The Balaban J connectivity index is 0.00000400. The van der Waals surface area contributed by atoms with Gasteiger partial charge in [-0.15, -0.1) is 0 Å². The van der Waals surface area contributed by atoms with Crippen LogP contribution in [-0.4, -0.2) is 74.0 Å². The lowest BCUT2D eigenvalue weighted by molar-refractivity contribution is 0.0981. The Labute approximate surface area is 222 Å². The van der Waals surface area contributed by atoms with Gasteiger partial charge in [0, 0.05) is 39.3 Å². The minimum Gasteiger partial charge on any atom is -0.355 e. The van der Waals surface area contributed by atoms with Gasteiger partial charge in [0.05, 0.1) is 5.56 Å². The smallest absolute Gasteiger partial charge is 0.281 e. The van der Waals surface area contributed by atoms with Gasteiger partial charge in [-0.25, -0.2) is 14.7 Å². The van der Waals surface area contributed by atoms with Crippen molar-refractivity contribution < 1.29 is 14.6 Å². The molecule has 0 saturated carbocycles. The van der Waals surface area contributed by atoms with Crippen molar-refractivity contribution in [1.82, 2.24) is 19.6 Å². The third kappa shape index (κ3) is 6.41. The quantitative estimate of drug-likeness (QED) is 0.551. The minimum atomic E-state index is -4.17. The second-order valence-corrected chi connectivity index (χ2v) is 12.5. The van der Waals surface area contributed by atoms with Crippen LogP contribution < -0.4 is 14.5 Å². The molecule has 2 fully saturated rings. The molecule has 204 valence electrons. The van der Waals surface area contributed by atoms with Crippen LogP contribution in [0.1, 0.15) is 65.2 Å². The van der Waals surface area contributed by atoms with Gasteiger partial charge in [0.2, 0.25) is 0 Å². The van der Waals surface area contributed by atoms with E-state index in [1.54, 1.807) is 24.4 Å². The van der Waals surface area contributed by atoms with Crippen molar-refractivity contribution in [2.75, 3.05) is 49.1 Å². The first-order valence-electron chi connectivity index (χ1n) is 13.3. The fourth-order valence-electron chi connectivity index (χ4n) is 5.51. The normalized spacial score (nSPS) is 20.6. The first kappa shape index (κ1) is 27.3. The van der Waals surface area contributed by atoms with Gasteiger partial charge >= 0.3 is 0 Å². The summed E-state index contributed by atoms with van der Waals surface area (Å²) in [6.07, 6.45) is 5.94. The van der Waals surface area contributed by atoms with Crippen LogP contribution in [0, 0.1) is 5.92 Å².